The van der Waals surface area contributed by atoms with Crippen LogP contribution in [-0.4, -0.2) is 10.8 Å². The Hall–Kier alpha value is -2.03. The number of hydrogen-bond acceptors (Lipinski definition) is 2. The molecule has 0 radical (unpaired) electrons. The lowest BCUT2D eigenvalue weighted by molar-refractivity contribution is 0.103. The highest BCUT2D eigenvalue weighted by molar-refractivity contribution is 6.09. The topological polar surface area (TPSA) is 30.0 Å². The van der Waals surface area contributed by atoms with Crippen molar-refractivity contribution in [2.75, 3.05) is 0 Å². The van der Waals surface area contributed by atoms with Crippen molar-refractivity contribution in [3.63, 3.8) is 0 Å². The third kappa shape index (κ3) is 2.23. The fourth-order valence-electron chi connectivity index (χ4n) is 1.66. The third-order valence-electron chi connectivity index (χ3n) is 2.57. The van der Waals surface area contributed by atoms with Gasteiger partial charge in [-0.2, -0.15) is 0 Å². The molecule has 0 saturated heterocycles. The number of halogens is 1. The first-order chi connectivity index (χ1) is 8.09. The van der Waals surface area contributed by atoms with Gasteiger partial charge in [-0.05, 0) is 37.1 Å². The molecule has 0 aliphatic rings. The van der Waals surface area contributed by atoms with Gasteiger partial charge in [0, 0.05) is 18.0 Å². The minimum absolute atomic E-state index is 0.0948. The van der Waals surface area contributed by atoms with Crippen LogP contribution in [-0.2, 0) is 0 Å². The minimum atomic E-state index is -0.459. The quantitative estimate of drug-likeness (QED) is 0.741. The largest absolute Gasteiger partial charge is 0.288 e. The monoisotopic (exact) mass is 229 g/mol. The molecule has 1 aromatic carbocycles. The zero-order valence-corrected chi connectivity index (χ0v) is 9.70. The molecule has 86 valence electrons. The molecule has 0 amide bonds. The highest BCUT2D eigenvalue weighted by Crippen LogP contribution is 2.16. The third-order valence-corrected chi connectivity index (χ3v) is 2.57. The van der Waals surface area contributed by atoms with Gasteiger partial charge in [-0.25, -0.2) is 4.39 Å². The van der Waals surface area contributed by atoms with Crippen LogP contribution in [0.1, 0.15) is 27.0 Å². The van der Waals surface area contributed by atoms with Crippen LogP contribution in [0.3, 0.4) is 0 Å². The molecule has 0 bridgehead atoms. The Bertz CT molecular complexity index is 578. The van der Waals surface area contributed by atoms with Crippen molar-refractivity contribution in [3.05, 3.63) is 64.7 Å². The second-order valence-corrected chi connectivity index (χ2v) is 4.02. The Labute approximate surface area is 99.1 Å². The molecule has 0 aliphatic carbocycles. The number of rotatable bonds is 2. The summed E-state index contributed by atoms with van der Waals surface area (Å²) < 4.78 is 13.8. The van der Waals surface area contributed by atoms with Gasteiger partial charge in [0.15, 0.2) is 5.78 Å². The number of nitrogens with zero attached hydrogens (tertiary/aromatic N) is 1. The van der Waals surface area contributed by atoms with E-state index in [4.69, 9.17) is 0 Å². The van der Waals surface area contributed by atoms with Gasteiger partial charge in [-0.15, -0.1) is 0 Å². The Balaban J connectivity index is 2.48. The van der Waals surface area contributed by atoms with Crippen molar-refractivity contribution in [3.8, 4) is 0 Å². The second-order valence-electron chi connectivity index (χ2n) is 4.02. The van der Waals surface area contributed by atoms with Crippen LogP contribution in [0.15, 0.2) is 36.7 Å². The molecule has 0 N–H and O–H groups in total. The molecular formula is C14H12FNO. The molecule has 0 aliphatic heterocycles. The number of hydrogen-bond donors (Lipinski definition) is 0. The van der Waals surface area contributed by atoms with Gasteiger partial charge >= 0.3 is 0 Å². The molecule has 3 heteroatoms. The lowest BCUT2D eigenvalue weighted by Gasteiger charge is -2.05. The number of benzene rings is 1. The lowest BCUT2D eigenvalue weighted by Crippen LogP contribution is -2.06. The van der Waals surface area contributed by atoms with E-state index in [-0.39, 0.29) is 11.3 Å². The van der Waals surface area contributed by atoms with E-state index < -0.39 is 5.82 Å². The second kappa shape index (κ2) is 4.45. The molecule has 17 heavy (non-hydrogen) atoms. The average Bonchev–Trinajstić information content (AvgIpc) is 2.32. The van der Waals surface area contributed by atoms with Crippen LogP contribution in [0, 0.1) is 19.7 Å². The van der Waals surface area contributed by atoms with Crippen LogP contribution in [0.5, 0.6) is 0 Å². The molecule has 0 unspecified atom stereocenters. The van der Waals surface area contributed by atoms with Crippen molar-refractivity contribution >= 4 is 5.78 Å². The Morgan fingerprint density at radius 3 is 2.71 bits per heavy atom. The number of pyridine rings is 1. The summed E-state index contributed by atoms with van der Waals surface area (Å²) in [7, 11) is 0. The van der Waals surface area contributed by atoms with Crippen LogP contribution >= 0.6 is 0 Å². The van der Waals surface area contributed by atoms with Gasteiger partial charge < -0.3 is 0 Å². The summed E-state index contributed by atoms with van der Waals surface area (Å²) >= 11 is 0. The molecule has 1 heterocycles. The highest BCUT2D eigenvalue weighted by Gasteiger charge is 2.15. The Morgan fingerprint density at radius 1 is 1.24 bits per heavy atom. The summed E-state index contributed by atoms with van der Waals surface area (Å²) in [5, 5.41) is 0. The molecule has 0 fully saturated rings. The highest BCUT2D eigenvalue weighted by atomic mass is 19.1. The normalized spacial score (nSPS) is 10.3. The molecule has 2 rings (SSSR count). The number of aromatic nitrogens is 1. The van der Waals surface area contributed by atoms with Crippen LogP contribution < -0.4 is 0 Å². The zero-order chi connectivity index (χ0) is 12.4. The van der Waals surface area contributed by atoms with Gasteiger partial charge in [0.05, 0.1) is 5.56 Å². The standard InChI is InChI=1S/C14H12FNO/c1-9-6-11(8-16-7-9)14(17)12-5-3-4-10(2)13(12)15/h3-8H,1-2H3. The van der Waals surface area contributed by atoms with Gasteiger partial charge in [-0.1, -0.05) is 12.1 Å². The van der Waals surface area contributed by atoms with E-state index in [0.717, 1.165) is 5.56 Å². The van der Waals surface area contributed by atoms with Crippen molar-refractivity contribution in [2.45, 2.75) is 13.8 Å². The molecular weight excluding hydrogens is 217 g/mol. The maximum atomic E-state index is 13.8. The van der Waals surface area contributed by atoms with Crippen molar-refractivity contribution in [2.24, 2.45) is 0 Å². The summed E-state index contributed by atoms with van der Waals surface area (Å²) in [6.07, 6.45) is 3.11. The summed E-state index contributed by atoms with van der Waals surface area (Å²) in [4.78, 5) is 16.0. The SMILES string of the molecule is Cc1cncc(C(=O)c2cccc(C)c2F)c1. The molecule has 0 saturated carbocycles. The average molecular weight is 229 g/mol. The maximum Gasteiger partial charge on any atom is 0.197 e. The Morgan fingerprint density at radius 2 is 2.00 bits per heavy atom. The van der Waals surface area contributed by atoms with Gasteiger partial charge in [0.25, 0.3) is 0 Å². The van der Waals surface area contributed by atoms with E-state index >= 15 is 0 Å². The predicted molar refractivity (Wildman–Crippen MR) is 63.5 cm³/mol. The van der Waals surface area contributed by atoms with Crippen molar-refractivity contribution < 1.29 is 9.18 Å². The molecule has 2 aromatic rings. The lowest BCUT2D eigenvalue weighted by atomic mass is 10.0. The molecule has 2 nitrogen and oxygen atoms in total. The van der Waals surface area contributed by atoms with E-state index in [0.29, 0.717) is 11.1 Å². The fourth-order valence-corrected chi connectivity index (χ4v) is 1.66. The summed E-state index contributed by atoms with van der Waals surface area (Å²) in [6.45, 7) is 3.48. The van der Waals surface area contributed by atoms with Crippen LogP contribution in [0.25, 0.3) is 0 Å². The van der Waals surface area contributed by atoms with E-state index in [9.17, 15) is 9.18 Å². The first-order valence-corrected chi connectivity index (χ1v) is 5.31. The smallest absolute Gasteiger partial charge is 0.197 e. The number of carbonyl (C=O) groups is 1. The van der Waals surface area contributed by atoms with Crippen molar-refractivity contribution in [1.29, 1.82) is 0 Å². The molecule has 1 aromatic heterocycles. The maximum absolute atomic E-state index is 13.8. The Kier molecular flexibility index (Phi) is 3.00. The van der Waals surface area contributed by atoms with Crippen LogP contribution in [0.4, 0.5) is 4.39 Å². The van der Waals surface area contributed by atoms with E-state index in [2.05, 4.69) is 4.98 Å². The number of ketones is 1. The zero-order valence-electron chi connectivity index (χ0n) is 9.70. The molecule has 0 atom stereocenters. The van der Waals surface area contributed by atoms with Gasteiger partial charge in [0.1, 0.15) is 5.82 Å². The summed E-state index contributed by atoms with van der Waals surface area (Å²) in [6, 6.07) is 6.51. The first-order valence-electron chi connectivity index (χ1n) is 5.31. The first kappa shape index (κ1) is 11.5. The van der Waals surface area contributed by atoms with Gasteiger partial charge in [-0.3, -0.25) is 9.78 Å². The number of aryl methyl sites for hydroxylation is 2. The minimum Gasteiger partial charge on any atom is -0.288 e. The predicted octanol–water partition coefficient (Wildman–Crippen LogP) is 3.07. The van der Waals surface area contributed by atoms with E-state index in [1.807, 2.05) is 6.92 Å². The van der Waals surface area contributed by atoms with E-state index in [1.165, 1.54) is 12.3 Å². The van der Waals surface area contributed by atoms with E-state index in [1.54, 1.807) is 31.3 Å². The molecule has 0 spiro atoms. The fraction of sp³-hybridized carbons (Fsp3) is 0.143. The van der Waals surface area contributed by atoms with Gasteiger partial charge in [0.2, 0.25) is 0 Å². The van der Waals surface area contributed by atoms with Crippen molar-refractivity contribution in [1.82, 2.24) is 4.98 Å². The summed E-state index contributed by atoms with van der Waals surface area (Å²) in [5.41, 5.74) is 1.85. The number of carbonyl (C=O) groups excluding carboxylic acids is 1. The van der Waals surface area contributed by atoms with Crippen LogP contribution in [0.2, 0.25) is 0 Å². The summed E-state index contributed by atoms with van der Waals surface area (Å²) in [5.74, 6) is -0.790.